The van der Waals surface area contributed by atoms with Crippen molar-refractivity contribution >= 4 is 39.5 Å². The second-order valence-electron chi connectivity index (χ2n) is 8.30. The molecule has 2 heterocycles. The number of amides is 1. The van der Waals surface area contributed by atoms with Crippen molar-refractivity contribution in [2.75, 3.05) is 30.3 Å². The number of hydrogen-bond donors (Lipinski definition) is 1. The number of thioether (sulfide) groups is 1. The highest BCUT2D eigenvalue weighted by molar-refractivity contribution is 7.98. The van der Waals surface area contributed by atoms with Crippen molar-refractivity contribution in [2.45, 2.75) is 38.2 Å². The Morgan fingerprint density at radius 2 is 1.92 bits per heavy atom. The highest BCUT2D eigenvalue weighted by Crippen LogP contribution is 2.28. The van der Waals surface area contributed by atoms with Gasteiger partial charge in [-0.05, 0) is 37.1 Å². The molecule has 0 unspecified atom stereocenters. The van der Waals surface area contributed by atoms with Crippen LogP contribution in [0.1, 0.15) is 53.9 Å². The average Bonchev–Trinajstić information content (AvgIpc) is 2.87. The normalized spacial score (nSPS) is 14.2. The topological polar surface area (TPSA) is 129 Å². The molecule has 0 atom stereocenters. The molecule has 3 rings (SSSR count). The zero-order chi connectivity index (χ0) is 26.1. The van der Waals surface area contributed by atoms with Crippen molar-refractivity contribution in [1.82, 2.24) is 9.71 Å². The number of ether oxygens (including phenoxy) is 1. The number of sulfonamides is 1. The molecule has 9 nitrogen and oxygen atoms in total. The van der Waals surface area contributed by atoms with Gasteiger partial charge >= 0.3 is 5.97 Å². The van der Waals surface area contributed by atoms with Crippen LogP contribution < -0.4 is 9.62 Å². The van der Waals surface area contributed by atoms with E-state index < -0.39 is 27.8 Å². The summed E-state index contributed by atoms with van der Waals surface area (Å²) < 4.78 is 32.3. The first-order chi connectivity index (χ1) is 17.3. The van der Waals surface area contributed by atoms with Gasteiger partial charge in [-0.3, -0.25) is 9.52 Å². The predicted octanol–water partition coefficient (Wildman–Crippen LogP) is 3.25. The molecule has 1 aromatic carbocycles. The number of pyridine rings is 1. The van der Waals surface area contributed by atoms with Gasteiger partial charge < -0.3 is 9.64 Å². The number of aromatic nitrogens is 1. The summed E-state index contributed by atoms with van der Waals surface area (Å²) in [5.41, 5.74) is 1.71. The van der Waals surface area contributed by atoms with Gasteiger partial charge in [0.15, 0.2) is 0 Å². The van der Waals surface area contributed by atoms with Gasteiger partial charge in [-0.1, -0.05) is 37.3 Å². The van der Waals surface area contributed by atoms with Crippen LogP contribution in [0.2, 0.25) is 0 Å². The van der Waals surface area contributed by atoms with E-state index in [-0.39, 0.29) is 23.5 Å². The summed E-state index contributed by atoms with van der Waals surface area (Å²) in [5, 5.41) is 9.74. The molecule has 192 valence electrons. The molecule has 0 aliphatic carbocycles. The van der Waals surface area contributed by atoms with Crippen LogP contribution in [0.5, 0.6) is 0 Å². The number of piperidine rings is 1. The maximum Gasteiger partial charge on any atom is 0.340 e. The number of benzene rings is 1. The number of hydrogen-bond acceptors (Lipinski definition) is 9. The van der Waals surface area contributed by atoms with Crippen LogP contribution in [0.15, 0.2) is 36.4 Å². The molecule has 1 amide bonds. The Balaban J connectivity index is 1.70. The summed E-state index contributed by atoms with van der Waals surface area (Å²) in [5.74, 6) is 0.0518. The first-order valence-corrected chi connectivity index (χ1v) is 14.6. The molecule has 0 bridgehead atoms. The smallest absolute Gasteiger partial charge is 0.340 e. The zero-order valence-corrected chi connectivity index (χ0v) is 22.0. The fraction of sp³-hybridized carbons (Fsp3) is 0.440. The second-order valence-corrected chi connectivity index (χ2v) is 11.3. The number of carbonyl (C=O) groups excluding carboxylic acids is 2. The van der Waals surface area contributed by atoms with Crippen LogP contribution in [-0.4, -0.2) is 50.7 Å². The van der Waals surface area contributed by atoms with Gasteiger partial charge in [-0.2, -0.15) is 17.0 Å². The number of esters is 1. The highest BCUT2D eigenvalue weighted by Gasteiger charge is 2.30. The molecule has 1 saturated heterocycles. The lowest BCUT2D eigenvalue weighted by Gasteiger charge is -2.33. The lowest BCUT2D eigenvalue weighted by Crippen LogP contribution is -2.43. The minimum atomic E-state index is -3.81. The third-order valence-corrected chi connectivity index (χ3v) is 7.87. The third-order valence-electron chi connectivity index (χ3n) is 5.76. The van der Waals surface area contributed by atoms with Crippen LogP contribution in [-0.2, 0) is 31.1 Å². The molecule has 0 spiro atoms. The zero-order valence-electron chi connectivity index (χ0n) is 20.4. The number of rotatable bonds is 10. The summed E-state index contributed by atoms with van der Waals surface area (Å²) in [6.45, 7) is 4.81. The standard InChI is InChI=1S/C25H30N4O5S2/c1-3-34-25(31)21-14-20(15-26)23(27-22(21)16-35-4-2)29-12-10-19(11-13-29)24(30)28-36(32,33)17-18-8-6-5-7-9-18/h5-9,14,19H,3-4,10-13,16-17H2,1-2H3,(H,28,30). The van der Waals surface area contributed by atoms with Crippen LogP contribution in [0, 0.1) is 17.2 Å². The van der Waals surface area contributed by atoms with E-state index in [1.54, 1.807) is 49.0 Å². The number of anilines is 1. The Kier molecular flexibility index (Phi) is 9.73. The van der Waals surface area contributed by atoms with E-state index in [1.165, 1.54) is 6.07 Å². The van der Waals surface area contributed by atoms with Gasteiger partial charge in [0, 0.05) is 24.8 Å². The van der Waals surface area contributed by atoms with Crippen molar-refractivity contribution < 1.29 is 22.7 Å². The van der Waals surface area contributed by atoms with Gasteiger partial charge in [0.2, 0.25) is 15.9 Å². The van der Waals surface area contributed by atoms with E-state index in [9.17, 15) is 23.3 Å². The van der Waals surface area contributed by atoms with E-state index in [0.29, 0.717) is 48.8 Å². The van der Waals surface area contributed by atoms with E-state index in [4.69, 9.17) is 4.74 Å². The number of nitrogens with zero attached hydrogens (tertiary/aromatic N) is 3. The summed E-state index contributed by atoms with van der Waals surface area (Å²) in [4.78, 5) is 31.7. The van der Waals surface area contributed by atoms with Gasteiger partial charge in [0.1, 0.15) is 11.9 Å². The fourth-order valence-corrected chi connectivity index (χ4v) is 5.77. The van der Waals surface area contributed by atoms with Gasteiger partial charge in [-0.15, -0.1) is 0 Å². The molecule has 36 heavy (non-hydrogen) atoms. The summed E-state index contributed by atoms with van der Waals surface area (Å²) >= 11 is 1.61. The molecule has 0 saturated carbocycles. The molecule has 11 heteroatoms. The summed E-state index contributed by atoms with van der Waals surface area (Å²) in [6, 6.07) is 12.3. The molecule has 0 radical (unpaired) electrons. The van der Waals surface area contributed by atoms with Crippen LogP contribution in [0.25, 0.3) is 0 Å². The number of carbonyl (C=O) groups is 2. The molecule has 2 aromatic rings. The second kappa shape index (κ2) is 12.7. The third kappa shape index (κ3) is 7.21. The number of nitrogens with one attached hydrogen (secondary N) is 1. The van der Waals surface area contributed by atoms with Crippen molar-refractivity contribution in [3.63, 3.8) is 0 Å². The molecule has 1 N–H and O–H groups in total. The van der Waals surface area contributed by atoms with Crippen molar-refractivity contribution in [1.29, 1.82) is 5.26 Å². The van der Waals surface area contributed by atoms with E-state index in [1.807, 2.05) is 11.8 Å². The monoisotopic (exact) mass is 530 g/mol. The van der Waals surface area contributed by atoms with Crippen LogP contribution >= 0.6 is 11.8 Å². The van der Waals surface area contributed by atoms with E-state index >= 15 is 0 Å². The Morgan fingerprint density at radius 1 is 1.22 bits per heavy atom. The Bertz CT molecular complexity index is 1220. The minimum Gasteiger partial charge on any atom is -0.462 e. The summed E-state index contributed by atoms with van der Waals surface area (Å²) in [6.07, 6.45) is 0.829. The number of nitriles is 1. The fourth-order valence-electron chi connectivity index (χ4n) is 3.98. The average molecular weight is 531 g/mol. The van der Waals surface area contributed by atoms with E-state index in [2.05, 4.69) is 15.8 Å². The van der Waals surface area contributed by atoms with Crippen molar-refractivity contribution in [3.8, 4) is 6.07 Å². The van der Waals surface area contributed by atoms with Crippen LogP contribution in [0.4, 0.5) is 5.82 Å². The van der Waals surface area contributed by atoms with Crippen LogP contribution in [0.3, 0.4) is 0 Å². The van der Waals surface area contributed by atoms with E-state index in [0.717, 1.165) is 5.75 Å². The summed E-state index contributed by atoms with van der Waals surface area (Å²) in [7, 11) is -3.81. The largest absolute Gasteiger partial charge is 0.462 e. The molecular formula is C25H30N4O5S2. The molecular weight excluding hydrogens is 500 g/mol. The maximum absolute atomic E-state index is 12.7. The molecule has 1 fully saturated rings. The lowest BCUT2D eigenvalue weighted by atomic mass is 9.96. The first kappa shape index (κ1) is 27.5. The predicted molar refractivity (Wildman–Crippen MR) is 139 cm³/mol. The quantitative estimate of drug-likeness (QED) is 0.460. The molecule has 1 aliphatic rings. The highest BCUT2D eigenvalue weighted by atomic mass is 32.2. The van der Waals surface area contributed by atoms with Gasteiger partial charge in [0.25, 0.3) is 0 Å². The molecule has 1 aliphatic heterocycles. The Morgan fingerprint density at radius 3 is 2.53 bits per heavy atom. The Labute approximate surface area is 216 Å². The van der Waals surface area contributed by atoms with Crippen molar-refractivity contribution in [2.24, 2.45) is 5.92 Å². The minimum absolute atomic E-state index is 0.222. The van der Waals surface area contributed by atoms with Gasteiger partial charge in [-0.25, -0.2) is 18.2 Å². The molecule has 1 aromatic heterocycles. The lowest BCUT2D eigenvalue weighted by molar-refractivity contribution is -0.123. The van der Waals surface area contributed by atoms with Crippen molar-refractivity contribution in [3.05, 3.63) is 58.8 Å². The Hall–Kier alpha value is -3.10. The maximum atomic E-state index is 12.7. The first-order valence-electron chi connectivity index (χ1n) is 11.8. The van der Waals surface area contributed by atoms with Gasteiger partial charge in [0.05, 0.1) is 29.2 Å². The SMILES string of the molecule is CCOC(=O)c1cc(C#N)c(N2CCC(C(=O)NS(=O)(=O)Cc3ccccc3)CC2)nc1CSCC.